The summed E-state index contributed by atoms with van der Waals surface area (Å²) in [6, 6.07) is 11.7. The Morgan fingerprint density at radius 2 is 1.95 bits per heavy atom. The molecule has 5 heterocycles. The molecule has 4 aromatic heterocycles. The predicted molar refractivity (Wildman–Crippen MR) is 139 cm³/mol. The second kappa shape index (κ2) is 9.26. The van der Waals surface area contributed by atoms with Gasteiger partial charge in [0.25, 0.3) is 0 Å². The van der Waals surface area contributed by atoms with E-state index in [0.717, 1.165) is 46.8 Å². The van der Waals surface area contributed by atoms with Gasteiger partial charge >= 0.3 is 0 Å². The van der Waals surface area contributed by atoms with Crippen molar-refractivity contribution in [2.75, 3.05) is 23.3 Å². The number of anilines is 3. The maximum atomic E-state index is 11.7. The van der Waals surface area contributed by atoms with Crippen molar-refractivity contribution >= 4 is 34.3 Å². The molecule has 1 amide bonds. The van der Waals surface area contributed by atoms with Crippen LogP contribution >= 0.6 is 0 Å². The molecule has 1 aliphatic heterocycles. The summed E-state index contributed by atoms with van der Waals surface area (Å²) in [4.78, 5) is 22.7. The number of aromatic nitrogens is 6. The van der Waals surface area contributed by atoms with Crippen molar-refractivity contribution in [1.29, 1.82) is 0 Å². The minimum absolute atomic E-state index is 0.0714. The summed E-state index contributed by atoms with van der Waals surface area (Å²) in [7, 11) is 0. The Morgan fingerprint density at radius 3 is 2.81 bits per heavy atom. The molecule has 5 aromatic rings. The maximum absolute atomic E-state index is 11.7. The van der Waals surface area contributed by atoms with Crippen LogP contribution < -0.4 is 20.3 Å². The van der Waals surface area contributed by atoms with Crippen molar-refractivity contribution in [1.82, 2.24) is 34.5 Å². The molecule has 11 heteroatoms. The molecule has 2 N–H and O–H groups in total. The normalized spacial score (nSPS) is 15.3. The highest BCUT2D eigenvalue weighted by Gasteiger charge is 2.26. The van der Waals surface area contributed by atoms with E-state index in [4.69, 9.17) is 4.74 Å². The van der Waals surface area contributed by atoms with Gasteiger partial charge in [-0.1, -0.05) is 6.58 Å². The topological polar surface area (TPSA) is 114 Å². The van der Waals surface area contributed by atoms with Crippen LogP contribution in [0.15, 0.2) is 74.1 Å². The average molecular weight is 496 g/mol. The number of fused-ring (bicyclic) bond motifs is 2. The summed E-state index contributed by atoms with van der Waals surface area (Å²) in [5.41, 5.74) is 4.45. The van der Waals surface area contributed by atoms with Crippen molar-refractivity contribution in [3.05, 3.63) is 79.7 Å². The molecule has 0 radical (unpaired) electrons. The number of carbonyl (C=O) groups is 1. The molecule has 37 heavy (non-hydrogen) atoms. The lowest BCUT2D eigenvalue weighted by molar-refractivity contribution is -0.117. The molecule has 0 spiro atoms. The van der Waals surface area contributed by atoms with Crippen LogP contribution in [0.2, 0.25) is 0 Å². The van der Waals surface area contributed by atoms with E-state index in [9.17, 15) is 4.79 Å². The van der Waals surface area contributed by atoms with Crippen LogP contribution in [-0.4, -0.2) is 54.2 Å². The molecule has 1 aromatic carbocycles. The van der Waals surface area contributed by atoms with E-state index < -0.39 is 0 Å². The Balaban J connectivity index is 1.22. The van der Waals surface area contributed by atoms with Gasteiger partial charge in [-0.15, -0.1) is 0 Å². The Morgan fingerprint density at radius 1 is 1.11 bits per heavy atom. The number of hydrogen-bond donors (Lipinski definition) is 2. The lowest BCUT2D eigenvalue weighted by Crippen LogP contribution is -2.36. The molecule has 0 bridgehead atoms. The summed E-state index contributed by atoms with van der Waals surface area (Å²) in [5, 5.41) is 14.9. The number of aryl methyl sites for hydroxylation is 1. The second-order valence-electron chi connectivity index (χ2n) is 8.88. The summed E-state index contributed by atoms with van der Waals surface area (Å²) in [6.07, 6.45) is 8.93. The summed E-state index contributed by atoms with van der Waals surface area (Å²) >= 11 is 0. The molecule has 0 saturated carbocycles. The first-order chi connectivity index (χ1) is 18.1. The zero-order chi connectivity index (χ0) is 25.4. The van der Waals surface area contributed by atoms with Gasteiger partial charge in [0.15, 0.2) is 11.5 Å². The lowest BCUT2D eigenvalue weighted by atomic mass is 10.2. The van der Waals surface area contributed by atoms with Gasteiger partial charge in [-0.2, -0.15) is 10.2 Å². The van der Waals surface area contributed by atoms with E-state index in [2.05, 4.69) is 42.3 Å². The van der Waals surface area contributed by atoms with Crippen molar-refractivity contribution in [2.45, 2.75) is 19.4 Å². The van der Waals surface area contributed by atoms with E-state index in [1.165, 1.54) is 18.7 Å². The van der Waals surface area contributed by atoms with Gasteiger partial charge in [0.1, 0.15) is 29.7 Å². The fourth-order valence-electron chi connectivity index (χ4n) is 4.61. The van der Waals surface area contributed by atoms with E-state index in [1.54, 1.807) is 4.52 Å². The van der Waals surface area contributed by atoms with Crippen LogP contribution in [0.4, 0.5) is 17.2 Å². The van der Waals surface area contributed by atoms with E-state index in [1.807, 2.05) is 60.2 Å². The zero-order valence-electron chi connectivity index (χ0n) is 20.2. The highest BCUT2D eigenvalue weighted by molar-refractivity contribution is 5.88. The Bertz CT molecular complexity index is 1620. The Kier molecular flexibility index (Phi) is 5.64. The smallest absolute Gasteiger partial charge is 0.243 e. The third kappa shape index (κ3) is 4.42. The quantitative estimate of drug-likeness (QED) is 0.330. The number of hydrogen-bond acceptors (Lipinski definition) is 8. The second-order valence-corrected chi connectivity index (χ2v) is 8.88. The number of benzene rings is 1. The molecule has 0 aliphatic carbocycles. The zero-order valence-corrected chi connectivity index (χ0v) is 20.2. The van der Waals surface area contributed by atoms with Crippen LogP contribution in [0.25, 0.3) is 11.2 Å². The van der Waals surface area contributed by atoms with Crippen LogP contribution in [-0.2, 0) is 4.79 Å². The summed E-state index contributed by atoms with van der Waals surface area (Å²) < 4.78 is 9.60. The third-order valence-corrected chi connectivity index (χ3v) is 6.41. The first-order valence-electron chi connectivity index (χ1n) is 11.9. The van der Waals surface area contributed by atoms with Gasteiger partial charge < -0.3 is 20.3 Å². The Hall–Kier alpha value is -4.93. The molecule has 6 rings (SSSR count). The molecular weight excluding hydrogens is 470 g/mol. The highest BCUT2D eigenvalue weighted by Crippen LogP contribution is 2.33. The van der Waals surface area contributed by atoms with E-state index >= 15 is 0 Å². The van der Waals surface area contributed by atoms with Crippen LogP contribution in [0.3, 0.4) is 0 Å². The van der Waals surface area contributed by atoms with Crippen molar-refractivity contribution < 1.29 is 9.53 Å². The molecule has 186 valence electrons. The SMILES string of the molecule is C=CC(=O)NC1CCN(c2ccn3ncnc(Nc4ccc(Oc5ccn6ncnc6c5)c(C)c4)c23)C1. The highest BCUT2D eigenvalue weighted by atomic mass is 16.5. The minimum atomic E-state index is -0.152. The molecule has 1 fully saturated rings. The fourth-order valence-corrected chi connectivity index (χ4v) is 4.61. The summed E-state index contributed by atoms with van der Waals surface area (Å²) in [6.45, 7) is 7.06. The van der Waals surface area contributed by atoms with Gasteiger partial charge in [-0.05, 0) is 55.3 Å². The van der Waals surface area contributed by atoms with Crippen LogP contribution in [0.1, 0.15) is 12.0 Å². The van der Waals surface area contributed by atoms with E-state index in [0.29, 0.717) is 18.1 Å². The molecule has 1 atom stereocenters. The van der Waals surface area contributed by atoms with E-state index in [-0.39, 0.29) is 11.9 Å². The van der Waals surface area contributed by atoms with Crippen LogP contribution in [0.5, 0.6) is 11.5 Å². The van der Waals surface area contributed by atoms with Crippen molar-refractivity contribution in [3.63, 3.8) is 0 Å². The summed E-state index contributed by atoms with van der Waals surface area (Å²) in [5.74, 6) is 1.98. The number of rotatable bonds is 7. The van der Waals surface area contributed by atoms with Gasteiger partial charge in [-0.25, -0.2) is 19.0 Å². The minimum Gasteiger partial charge on any atom is -0.457 e. The molecule has 1 saturated heterocycles. The average Bonchev–Trinajstić information content (AvgIpc) is 3.65. The number of amides is 1. The lowest BCUT2D eigenvalue weighted by Gasteiger charge is -2.19. The number of carbonyl (C=O) groups excluding carboxylic acids is 1. The largest absolute Gasteiger partial charge is 0.457 e. The number of nitrogens with zero attached hydrogens (tertiary/aromatic N) is 7. The fraction of sp³-hybridized carbons (Fsp3) is 0.192. The number of pyridine rings is 1. The van der Waals surface area contributed by atoms with Gasteiger partial charge in [0.05, 0.1) is 5.69 Å². The first-order valence-corrected chi connectivity index (χ1v) is 11.9. The third-order valence-electron chi connectivity index (χ3n) is 6.41. The Labute approximate surface area is 212 Å². The van der Waals surface area contributed by atoms with Gasteiger partial charge in [0.2, 0.25) is 5.91 Å². The van der Waals surface area contributed by atoms with Crippen molar-refractivity contribution in [3.8, 4) is 11.5 Å². The standard InChI is InChI=1S/C26H25N9O2/c1-3-24(36)31-19-6-9-33(14-19)21-8-11-35-25(21)26(28-16-30-35)32-18-4-5-22(17(2)12-18)37-20-7-10-34-23(13-20)27-15-29-34/h3-5,7-8,10-13,15-16,19H,1,6,9,14H2,2H3,(H,31,36)(H,28,30,32). The molecule has 1 unspecified atom stereocenters. The molecular formula is C26H25N9O2. The molecule has 1 aliphatic rings. The maximum Gasteiger partial charge on any atom is 0.243 e. The first kappa shape index (κ1) is 22.5. The van der Waals surface area contributed by atoms with Crippen LogP contribution in [0, 0.1) is 6.92 Å². The molecule has 11 nitrogen and oxygen atoms in total. The number of nitrogens with one attached hydrogen (secondary N) is 2. The van der Waals surface area contributed by atoms with Crippen molar-refractivity contribution in [2.24, 2.45) is 0 Å². The monoisotopic (exact) mass is 495 g/mol. The van der Waals surface area contributed by atoms with Gasteiger partial charge in [0, 0.05) is 43.3 Å². The van der Waals surface area contributed by atoms with Gasteiger partial charge in [-0.3, -0.25) is 4.79 Å². The predicted octanol–water partition coefficient (Wildman–Crippen LogP) is 3.50. The number of ether oxygens (including phenoxy) is 1.